The molecular weight excluding hydrogens is 606 g/mol. The number of benzene rings is 2. The molecule has 1 aromatic heterocycles. The summed E-state index contributed by atoms with van der Waals surface area (Å²) in [6.07, 6.45) is 3.18. The largest absolute Gasteiger partial charge is 0.322 e. The van der Waals surface area contributed by atoms with Crippen LogP contribution in [0.3, 0.4) is 0 Å². The number of rotatable bonds is 3. The molecular formula is C40H36F2N4O2. The van der Waals surface area contributed by atoms with Crippen LogP contribution >= 0.6 is 0 Å². The third kappa shape index (κ3) is 18.1. The highest BCUT2D eigenvalue weighted by molar-refractivity contribution is 6.05. The maximum atomic E-state index is 13.0. The number of amides is 1. The third-order valence-electron chi connectivity index (χ3n) is 5.01. The van der Waals surface area contributed by atoms with Crippen molar-refractivity contribution in [1.29, 1.82) is 0 Å². The van der Waals surface area contributed by atoms with Crippen molar-refractivity contribution in [3.05, 3.63) is 88.3 Å². The Balaban J connectivity index is -0.000000178. The van der Waals surface area contributed by atoms with E-state index in [4.69, 9.17) is 4.91 Å². The molecule has 1 heterocycles. The van der Waals surface area contributed by atoms with Crippen molar-refractivity contribution in [2.45, 2.75) is 27.7 Å². The monoisotopic (exact) mass is 642 g/mol. The number of halogens is 2. The van der Waals surface area contributed by atoms with Crippen molar-refractivity contribution in [3.63, 3.8) is 0 Å². The number of carbonyl (C=O) groups excluding carboxylic acids is 1. The van der Waals surface area contributed by atoms with Crippen molar-refractivity contribution in [2.75, 3.05) is 5.32 Å². The molecule has 48 heavy (non-hydrogen) atoms. The lowest BCUT2D eigenvalue weighted by Crippen LogP contribution is -2.13. The molecule has 6 nitrogen and oxygen atoms in total. The zero-order valence-electron chi connectivity index (χ0n) is 26.3. The highest BCUT2D eigenvalue weighted by Crippen LogP contribution is 2.21. The minimum absolute atomic E-state index is 0. The summed E-state index contributed by atoms with van der Waals surface area (Å²) in [4.78, 5) is 25.0. The molecule has 3 rings (SSSR count). The van der Waals surface area contributed by atoms with E-state index in [1.54, 1.807) is 43.5 Å². The van der Waals surface area contributed by atoms with Crippen LogP contribution in [-0.4, -0.2) is 10.9 Å². The topological polar surface area (TPSA) is 97.4 Å². The highest BCUT2D eigenvalue weighted by atomic mass is 19.1. The fourth-order valence-corrected chi connectivity index (χ4v) is 2.99. The standard InChI is InChI=1S/C20H17FN2O.C20H6.FH.H2N2O.5H2/c1-13-3-4-14(2)19(9-13)23-20(24)17-10-16(11-22-12-17)15-5-7-18(21)8-6-15;1-3-5-7-9-11-13-15-17-19-20-18-16-14-12-10-8-6-4-2;;1-2-3;;;;;/h3-12H,1-2H3,(H,23,24);1-2H3;1H;(H2,1,3);5*1H. The van der Waals surface area contributed by atoms with E-state index >= 15 is 0 Å². The van der Waals surface area contributed by atoms with Gasteiger partial charge in [-0.1, -0.05) is 36.1 Å². The molecule has 0 fully saturated rings. The Hall–Kier alpha value is -7.64. The van der Waals surface area contributed by atoms with Gasteiger partial charge in [0.25, 0.3) is 5.91 Å². The summed E-state index contributed by atoms with van der Waals surface area (Å²) >= 11 is 0. The lowest BCUT2D eigenvalue weighted by atomic mass is 10.1. The molecule has 1 amide bonds. The van der Waals surface area contributed by atoms with Crippen LogP contribution in [-0.2, 0) is 0 Å². The molecule has 3 aromatic rings. The summed E-state index contributed by atoms with van der Waals surface area (Å²) < 4.78 is 13.0. The van der Waals surface area contributed by atoms with Crippen molar-refractivity contribution < 1.29 is 21.0 Å². The smallest absolute Gasteiger partial charge is 0.257 e. The number of nitrogens with two attached hydrogens (primary N) is 1. The second kappa shape index (κ2) is 25.8. The predicted molar refractivity (Wildman–Crippen MR) is 198 cm³/mol. The normalized spacial score (nSPS) is 7.10. The van der Waals surface area contributed by atoms with Gasteiger partial charge < -0.3 is 5.32 Å². The van der Waals surface area contributed by atoms with Gasteiger partial charge in [-0.2, -0.15) is 0 Å². The molecule has 0 bridgehead atoms. The van der Waals surface area contributed by atoms with Gasteiger partial charge in [0.2, 0.25) is 0 Å². The number of pyridine rings is 1. The first-order chi connectivity index (χ1) is 22.9. The van der Waals surface area contributed by atoms with Crippen LogP contribution < -0.4 is 11.2 Å². The number of nitrogens with one attached hydrogen (secondary N) is 1. The van der Waals surface area contributed by atoms with Gasteiger partial charge in [0, 0.05) is 36.1 Å². The molecule has 0 aliphatic rings. The number of nitroso groups, excluding NO2 is 1. The lowest BCUT2D eigenvalue weighted by Gasteiger charge is -2.10. The fraction of sp³-hybridized carbons (Fsp3) is 0.100. The Morgan fingerprint density at radius 1 is 0.708 bits per heavy atom. The Morgan fingerprint density at radius 2 is 1.15 bits per heavy atom. The molecule has 8 heteroatoms. The molecule has 0 saturated carbocycles. The molecule has 0 spiro atoms. The van der Waals surface area contributed by atoms with E-state index in [2.05, 4.69) is 123 Å². The minimum atomic E-state index is -0.296. The van der Waals surface area contributed by atoms with Crippen LogP contribution in [0.1, 0.15) is 42.5 Å². The summed E-state index contributed by atoms with van der Waals surface area (Å²) in [5.41, 5.74) is 4.89. The van der Waals surface area contributed by atoms with Crippen LogP contribution in [0, 0.1) is 131 Å². The minimum Gasteiger partial charge on any atom is -0.322 e. The van der Waals surface area contributed by atoms with Gasteiger partial charge in [-0.3, -0.25) is 20.3 Å². The van der Waals surface area contributed by atoms with Crippen LogP contribution in [0.4, 0.5) is 14.8 Å². The molecule has 0 atom stereocenters. The van der Waals surface area contributed by atoms with Gasteiger partial charge in [0.15, 0.2) is 0 Å². The van der Waals surface area contributed by atoms with E-state index in [1.165, 1.54) is 18.3 Å². The van der Waals surface area contributed by atoms with Gasteiger partial charge in [-0.15, -0.1) is 4.91 Å². The Kier molecular flexibility index (Phi) is 21.7. The molecule has 0 radical (unpaired) electrons. The van der Waals surface area contributed by atoms with Crippen molar-refractivity contribution in [3.8, 4) is 118 Å². The Labute approximate surface area is 287 Å². The average molecular weight is 643 g/mol. The number of anilines is 1. The molecule has 0 saturated heterocycles. The first-order valence-corrected chi connectivity index (χ1v) is 13.3. The summed E-state index contributed by atoms with van der Waals surface area (Å²) in [5.74, 6) is 49.0. The number of hydrogen-bond acceptors (Lipinski definition) is 4. The molecule has 0 aliphatic carbocycles. The number of nitrogens with zero attached hydrogens (tertiary/aromatic N) is 2. The van der Waals surface area contributed by atoms with E-state index in [1.807, 2.05) is 32.0 Å². The zero-order chi connectivity index (χ0) is 34.5. The van der Waals surface area contributed by atoms with Gasteiger partial charge >= 0.3 is 0 Å². The Bertz CT molecular complexity index is 2120. The predicted octanol–water partition coefficient (Wildman–Crippen LogP) is 6.82. The lowest BCUT2D eigenvalue weighted by molar-refractivity contribution is 0.102. The first kappa shape index (κ1) is 40.4. The number of carbonyl (C=O) groups is 1. The second-order valence-electron chi connectivity index (χ2n) is 8.35. The fourth-order valence-electron chi connectivity index (χ4n) is 2.99. The first-order valence-electron chi connectivity index (χ1n) is 13.3. The molecule has 0 aliphatic heterocycles. The average Bonchev–Trinajstić information content (AvgIpc) is 3.07. The molecule has 3 N–H and O–H groups in total. The Morgan fingerprint density at radius 3 is 1.58 bits per heavy atom. The summed E-state index contributed by atoms with van der Waals surface area (Å²) in [6, 6.07) is 13.8. The van der Waals surface area contributed by atoms with Crippen LogP contribution in [0.25, 0.3) is 11.1 Å². The van der Waals surface area contributed by atoms with Gasteiger partial charge in [-0.25, -0.2) is 4.39 Å². The van der Waals surface area contributed by atoms with E-state index in [-0.39, 0.29) is 23.6 Å². The maximum absolute atomic E-state index is 13.0. The zero-order valence-corrected chi connectivity index (χ0v) is 26.3. The molecule has 242 valence electrons. The summed E-state index contributed by atoms with van der Waals surface area (Å²) in [6.45, 7) is 7.33. The van der Waals surface area contributed by atoms with E-state index < -0.39 is 0 Å². The SMILES string of the molecule is CC#CC#CC#CC#CC#CC#CC#CC#CC#CC.Cc1ccc(C)c(NC(=O)c2cncc(-c3ccc(F)cc3)c2)c1.F.NN=O.[HH].[HH].[HH].[HH].[HH]. The quantitative estimate of drug-likeness (QED) is 0.142. The summed E-state index contributed by atoms with van der Waals surface area (Å²) in [5, 5.41) is 4.67. The second-order valence-corrected chi connectivity index (χ2v) is 8.35. The van der Waals surface area contributed by atoms with Gasteiger partial charge in [0.1, 0.15) is 5.82 Å². The summed E-state index contributed by atoms with van der Waals surface area (Å²) in [7, 11) is 0. The number of hydrogen-bond donors (Lipinski definition) is 2. The van der Waals surface area contributed by atoms with Crippen LogP contribution in [0.2, 0.25) is 0 Å². The van der Waals surface area contributed by atoms with Crippen LogP contribution in [0.5, 0.6) is 0 Å². The van der Waals surface area contributed by atoms with Gasteiger partial charge in [0.05, 0.1) is 5.56 Å². The van der Waals surface area contributed by atoms with Crippen molar-refractivity contribution in [2.24, 2.45) is 11.1 Å². The van der Waals surface area contributed by atoms with E-state index in [0.717, 1.165) is 27.9 Å². The van der Waals surface area contributed by atoms with E-state index in [9.17, 15) is 9.18 Å². The van der Waals surface area contributed by atoms with Crippen molar-refractivity contribution >= 4 is 11.6 Å². The molecule has 0 unspecified atom stereocenters. The third-order valence-corrected chi connectivity index (χ3v) is 5.01. The van der Waals surface area contributed by atoms with Crippen LogP contribution in [0.15, 0.2) is 66.2 Å². The van der Waals surface area contributed by atoms with E-state index in [0.29, 0.717) is 5.56 Å². The number of aromatic nitrogens is 1. The highest BCUT2D eigenvalue weighted by Gasteiger charge is 2.10. The van der Waals surface area contributed by atoms with Crippen molar-refractivity contribution in [1.82, 2.24) is 4.98 Å². The number of aryl methyl sites for hydroxylation is 2. The van der Waals surface area contributed by atoms with Gasteiger partial charge in [-0.05, 0) is 163 Å². The molecule has 2 aromatic carbocycles. The maximum Gasteiger partial charge on any atom is 0.257 e.